The van der Waals surface area contributed by atoms with Gasteiger partial charge in [-0.25, -0.2) is 4.98 Å². The zero-order valence-corrected chi connectivity index (χ0v) is 16.8. The summed E-state index contributed by atoms with van der Waals surface area (Å²) in [5.41, 5.74) is 2.60. The van der Waals surface area contributed by atoms with Crippen LogP contribution in [0.4, 0.5) is 5.69 Å². The van der Waals surface area contributed by atoms with Gasteiger partial charge in [0.05, 0.1) is 10.7 Å². The molecule has 0 bridgehead atoms. The molecular weight excluding hydrogens is 376 g/mol. The molecule has 1 amide bonds. The van der Waals surface area contributed by atoms with E-state index in [1.807, 2.05) is 67.1 Å². The van der Waals surface area contributed by atoms with Crippen molar-refractivity contribution in [2.24, 2.45) is 0 Å². The predicted molar refractivity (Wildman–Crippen MR) is 114 cm³/mol. The van der Waals surface area contributed by atoms with Gasteiger partial charge in [0.2, 0.25) is 5.91 Å². The molecule has 0 unspecified atom stereocenters. The van der Waals surface area contributed by atoms with Crippen molar-refractivity contribution in [3.05, 3.63) is 76.3 Å². The van der Waals surface area contributed by atoms with Crippen LogP contribution in [-0.4, -0.2) is 17.1 Å². The molecule has 0 aliphatic heterocycles. The van der Waals surface area contributed by atoms with Gasteiger partial charge in [-0.2, -0.15) is 0 Å². The highest BCUT2D eigenvalue weighted by Crippen LogP contribution is 2.19. The van der Waals surface area contributed by atoms with E-state index in [1.54, 1.807) is 29.2 Å². The Morgan fingerprint density at radius 2 is 2.11 bits per heavy atom. The number of carbonyl (C=O) groups is 1. The molecule has 0 aliphatic rings. The summed E-state index contributed by atoms with van der Waals surface area (Å²) in [4.78, 5) is 17.6. The number of aromatic nitrogens is 1. The molecule has 3 aromatic rings. The van der Waals surface area contributed by atoms with E-state index in [0.717, 1.165) is 32.6 Å². The molecular formula is C21H20N2O2S2. The van der Waals surface area contributed by atoms with Crippen LogP contribution in [0.1, 0.15) is 16.3 Å². The van der Waals surface area contributed by atoms with Crippen LogP contribution < -0.4 is 10.1 Å². The molecule has 2 aromatic carbocycles. The van der Waals surface area contributed by atoms with Crippen LogP contribution in [0, 0.1) is 6.92 Å². The molecule has 0 fully saturated rings. The van der Waals surface area contributed by atoms with Crippen molar-refractivity contribution in [2.45, 2.75) is 18.4 Å². The van der Waals surface area contributed by atoms with Crippen LogP contribution in [0.2, 0.25) is 0 Å². The fourth-order valence-corrected chi connectivity index (χ4v) is 3.45. The smallest absolute Gasteiger partial charge is 0.248 e. The molecule has 0 atom stereocenters. The van der Waals surface area contributed by atoms with Crippen LogP contribution >= 0.6 is 23.1 Å². The third-order valence-corrected chi connectivity index (χ3v) is 5.22. The lowest BCUT2D eigenvalue weighted by Crippen LogP contribution is -2.07. The fraction of sp³-hybridized carbons (Fsp3) is 0.143. The van der Waals surface area contributed by atoms with Gasteiger partial charge < -0.3 is 10.1 Å². The van der Waals surface area contributed by atoms with Gasteiger partial charge >= 0.3 is 0 Å². The first kappa shape index (κ1) is 19.2. The van der Waals surface area contributed by atoms with Crippen molar-refractivity contribution in [2.75, 3.05) is 11.6 Å². The van der Waals surface area contributed by atoms with Gasteiger partial charge in [-0.1, -0.05) is 18.2 Å². The van der Waals surface area contributed by atoms with Gasteiger partial charge in [-0.05, 0) is 55.2 Å². The molecule has 27 heavy (non-hydrogen) atoms. The molecule has 1 N–H and O–H groups in total. The van der Waals surface area contributed by atoms with Gasteiger partial charge in [0.1, 0.15) is 12.4 Å². The Morgan fingerprint density at radius 1 is 1.26 bits per heavy atom. The molecule has 0 aliphatic carbocycles. The summed E-state index contributed by atoms with van der Waals surface area (Å²) in [5, 5.41) is 5.90. The Balaban J connectivity index is 1.58. The van der Waals surface area contributed by atoms with E-state index in [1.165, 1.54) is 6.08 Å². The maximum atomic E-state index is 12.1. The van der Waals surface area contributed by atoms with Crippen molar-refractivity contribution >= 4 is 40.8 Å². The fourth-order valence-electron chi connectivity index (χ4n) is 2.40. The number of thiazole rings is 1. The second-order valence-electron chi connectivity index (χ2n) is 5.77. The van der Waals surface area contributed by atoms with Crippen molar-refractivity contribution in [3.63, 3.8) is 0 Å². The van der Waals surface area contributed by atoms with Crippen molar-refractivity contribution in [1.29, 1.82) is 0 Å². The number of hydrogen-bond donors (Lipinski definition) is 1. The molecule has 0 saturated carbocycles. The predicted octanol–water partition coefficient (Wildman–Crippen LogP) is 5.40. The van der Waals surface area contributed by atoms with Gasteiger partial charge in [0.15, 0.2) is 0 Å². The van der Waals surface area contributed by atoms with Crippen LogP contribution in [0.5, 0.6) is 5.75 Å². The van der Waals surface area contributed by atoms with Crippen LogP contribution in [-0.2, 0) is 11.4 Å². The first-order valence-corrected chi connectivity index (χ1v) is 10.5. The lowest BCUT2D eigenvalue weighted by Gasteiger charge is -2.05. The van der Waals surface area contributed by atoms with Crippen LogP contribution in [0.3, 0.4) is 0 Å². The third kappa shape index (κ3) is 5.98. The minimum absolute atomic E-state index is 0.169. The largest absolute Gasteiger partial charge is 0.487 e. The highest BCUT2D eigenvalue weighted by atomic mass is 32.2. The zero-order valence-electron chi connectivity index (χ0n) is 15.1. The average molecular weight is 397 g/mol. The van der Waals surface area contributed by atoms with E-state index in [9.17, 15) is 4.79 Å². The Morgan fingerprint density at radius 3 is 2.89 bits per heavy atom. The Hall–Kier alpha value is -2.57. The number of carbonyl (C=O) groups excluding carboxylic acids is 1. The molecule has 138 valence electrons. The SMILES string of the molecule is CSc1cccc(NC(=O)/C=C/c2cccc(OCc3csc(C)n3)c2)c1. The van der Waals surface area contributed by atoms with Crippen molar-refractivity contribution < 1.29 is 9.53 Å². The summed E-state index contributed by atoms with van der Waals surface area (Å²) in [5.74, 6) is 0.577. The van der Waals surface area contributed by atoms with Crippen molar-refractivity contribution in [1.82, 2.24) is 4.98 Å². The number of aryl methyl sites for hydroxylation is 1. The summed E-state index contributed by atoms with van der Waals surface area (Å²) in [6.07, 6.45) is 5.30. The summed E-state index contributed by atoms with van der Waals surface area (Å²) in [7, 11) is 0. The second kappa shape index (κ2) is 9.39. The number of rotatable bonds is 7. The number of benzene rings is 2. The topological polar surface area (TPSA) is 51.2 Å². The van der Waals surface area contributed by atoms with Gasteiger partial charge in [0.25, 0.3) is 0 Å². The summed E-state index contributed by atoms with van der Waals surface area (Å²) in [6, 6.07) is 15.4. The lowest BCUT2D eigenvalue weighted by atomic mass is 10.2. The summed E-state index contributed by atoms with van der Waals surface area (Å²) in [6.45, 7) is 2.41. The second-order valence-corrected chi connectivity index (χ2v) is 7.72. The van der Waals surface area contributed by atoms with Gasteiger partial charge in [0, 0.05) is 22.0 Å². The first-order valence-electron chi connectivity index (χ1n) is 8.39. The molecule has 1 heterocycles. The standard InChI is InChI=1S/C21H20N2O2S2/c1-15-22-18(14-27-15)13-25-19-7-3-5-16(11-19)9-10-21(24)23-17-6-4-8-20(12-17)26-2/h3-12,14H,13H2,1-2H3,(H,23,24)/b10-9+. The molecule has 3 rings (SSSR count). The molecule has 0 saturated heterocycles. The van der Waals surface area contributed by atoms with Crippen LogP contribution in [0.25, 0.3) is 6.08 Å². The van der Waals surface area contributed by atoms with E-state index in [4.69, 9.17) is 4.74 Å². The van der Waals surface area contributed by atoms with Crippen LogP contribution in [0.15, 0.2) is 64.9 Å². The Labute approximate surface area is 167 Å². The maximum absolute atomic E-state index is 12.1. The number of ether oxygens (including phenoxy) is 1. The number of nitrogens with zero attached hydrogens (tertiary/aromatic N) is 1. The Kier molecular flexibility index (Phi) is 6.68. The zero-order chi connectivity index (χ0) is 19.1. The number of anilines is 1. The van der Waals surface area contributed by atoms with Gasteiger partial charge in [-0.15, -0.1) is 23.1 Å². The number of hydrogen-bond acceptors (Lipinski definition) is 5. The molecule has 1 aromatic heterocycles. The number of nitrogens with one attached hydrogen (secondary N) is 1. The van der Waals surface area contributed by atoms with E-state index < -0.39 is 0 Å². The maximum Gasteiger partial charge on any atom is 0.248 e. The van der Waals surface area contributed by atoms with E-state index in [-0.39, 0.29) is 5.91 Å². The van der Waals surface area contributed by atoms with Crippen molar-refractivity contribution in [3.8, 4) is 5.75 Å². The summed E-state index contributed by atoms with van der Waals surface area (Å²) < 4.78 is 5.78. The quantitative estimate of drug-likeness (QED) is 0.429. The number of thioether (sulfide) groups is 1. The number of amides is 1. The third-order valence-electron chi connectivity index (χ3n) is 3.68. The van der Waals surface area contributed by atoms with E-state index >= 15 is 0 Å². The summed E-state index contributed by atoms with van der Waals surface area (Å²) >= 11 is 3.25. The highest BCUT2D eigenvalue weighted by Gasteiger charge is 2.02. The van der Waals surface area contributed by atoms with E-state index in [0.29, 0.717) is 6.61 Å². The minimum Gasteiger partial charge on any atom is -0.487 e. The molecule has 4 nitrogen and oxygen atoms in total. The van der Waals surface area contributed by atoms with Gasteiger partial charge in [-0.3, -0.25) is 4.79 Å². The molecule has 0 spiro atoms. The first-order chi connectivity index (χ1) is 13.1. The molecule has 6 heteroatoms. The molecule has 0 radical (unpaired) electrons. The highest BCUT2D eigenvalue weighted by molar-refractivity contribution is 7.98. The average Bonchev–Trinajstić information content (AvgIpc) is 3.10. The monoisotopic (exact) mass is 396 g/mol. The minimum atomic E-state index is -0.169. The normalized spacial score (nSPS) is 10.9. The Bertz CT molecular complexity index is 951. The van der Waals surface area contributed by atoms with E-state index in [2.05, 4.69) is 10.3 Å². The lowest BCUT2D eigenvalue weighted by molar-refractivity contribution is -0.111.